The SMILES string of the molecule is COC[C@]12COC(C(n3cc(C)c(=O)[nH]c3=O)O1)C2OC. The first-order valence-corrected chi connectivity index (χ1v) is 6.65. The first-order chi connectivity index (χ1) is 10.0. The number of methoxy groups -OCH3 is 2. The second kappa shape index (κ2) is 5.06. The third-order valence-corrected chi connectivity index (χ3v) is 4.04. The van der Waals surface area contributed by atoms with Gasteiger partial charge < -0.3 is 18.9 Å². The average molecular weight is 298 g/mol. The second-order valence-corrected chi connectivity index (χ2v) is 5.42. The van der Waals surface area contributed by atoms with Crippen molar-refractivity contribution >= 4 is 0 Å². The minimum absolute atomic E-state index is 0.301. The van der Waals surface area contributed by atoms with E-state index in [1.807, 2.05) is 0 Å². The van der Waals surface area contributed by atoms with Gasteiger partial charge >= 0.3 is 5.69 Å². The van der Waals surface area contributed by atoms with Crippen LogP contribution in [0.25, 0.3) is 0 Å². The summed E-state index contributed by atoms with van der Waals surface area (Å²) in [5, 5.41) is 0. The number of H-pyrrole nitrogens is 1. The van der Waals surface area contributed by atoms with Gasteiger partial charge in [-0.15, -0.1) is 0 Å². The molecule has 116 valence electrons. The van der Waals surface area contributed by atoms with E-state index >= 15 is 0 Å². The maximum absolute atomic E-state index is 12.0. The predicted molar refractivity (Wildman–Crippen MR) is 71.3 cm³/mol. The van der Waals surface area contributed by atoms with E-state index in [2.05, 4.69) is 4.98 Å². The Hall–Kier alpha value is -1.48. The molecule has 3 unspecified atom stereocenters. The molecule has 0 amide bonds. The van der Waals surface area contributed by atoms with Gasteiger partial charge in [0.05, 0.1) is 13.2 Å². The fourth-order valence-corrected chi connectivity index (χ4v) is 3.09. The zero-order valence-electron chi connectivity index (χ0n) is 12.1. The Morgan fingerprint density at radius 3 is 2.90 bits per heavy atom. The minimum Gasteiger partial charge on any atom is -0.381 e. The number of hydrogen-bond donors (Lipinski definition) is 1. The molecule has 1 aromatic heterocycles. The number of rotatable bonds is 4. The van der Waals surface area contributed by atoms with Crippen molar-refractivity contribution in [2.45, 2.75) is 31.0 Å². The van der Waals surface area contributed by atoms with E-state index in [0.717, 1.165) is 0 Å². The van der Waals surface area contributed by atoms with Gasteiger partial charge in [-0.2, -0.15) is 0 Å². The lowest BCUT2D eigenvalue weighted by Gasteiger charge is -2.30. The van der Waals surface area contributed by atoms with Crippen LogP contribution in [-0.2, 0) is 18.9 Å². The molecule has 3 heterocycles. The van der Waals surface area contributed by atoms with Gasteiger partial charge in [0.15, 0.2) is 6.23 Å². The van der Waals surface area contributed by atoms with E-state index in [-0.39, 0.29) is 6.10 Å². The molecule has 0 radical (unpaired) electrons. The van der Waals surface area contributed by atoms with Crippen molar-refractivity contribution < 1.29 is 18.9 Å². The highest BCUT2D eigenvalue weighted by atomic mass is 16.7. The Morgan fingerprint density at radius 1 is 1.48 bits per heavy atom. The van der Waals surface area contributed by atoms with Crippen LogP contribution in [-0.4, -0.2) is 54.8 Å². The van der Waals surface area contributed by atoms with E-state index < -0.39 is 29.2 Å². The van der Waals surface area contributed by atoms with Gasteiger partial charge in [-0.3, -0.25) is 14.3 Å². The highest BCUT2D eigenvalue weighted by Gasteiger charge is 2.62. The van der Waals surface area contributed by atoms with Gasteiger partial charge in [-0.05, 0) is 6.92 Å². The summed E-state index contributed by atoms with van der Waals surface area (Å²) < 4.78 is 23.8. The summed E-state index contributed by atoms with van der Waals surface area (Å²) in [6, 6.07) is 0. The summed E-state index contributed by atoms with van der Waals surface area (Å²) in [4.78, 5) is 25.7. The fourth-order valence-electron chi connectivity index (χ4n) is 3.09. The lowest BCUT2D eigenvalue weighted by atomic mass is 10.0. The molecule has 3 rings (SSSR count). The zero-order chi connectivity index (χ0) is 15.2. The maximum atomic E-state index is 12.0. The number of ether oxygens (including phenoxy) is 4. The molecule has 0 spiro atoms. The molecule has 1 aromatic rings. The predicted octanol–water partition coefficient (Wildman–Crippen LogP) is -0.827. The van der Waals surface area contributed by atoms with Crippen molar-refractivity contribution in [1.29, 1.82) is 0 Å². The van der Waals surface area contributed by atoms with Crippen molar-refractivity contribution in [3.63, 3.8) is 0 Å². The summed E-state index contributed by atoms with van der Waals surface area (Å²) >= 11 is 0. The van der Waals surface area contributed by atoms with Crippen molar-refractivity contribution in [3.05, 3.63) is 32.6 Å². The van der Waals surface area contributed by atoms with Crippen LogP contribution in [0.5, 0.6) is 0 Å². The number of nitrogens with zero attached hydrogens (tertiary/aromatic N) is 1. The fraction of sp³-hybridized carbons (Fsp3) is 0.692. The van der Waals surface area contributed by atoms with Gasteiger partial charge in [0, 0.05) is 26.0 Å². The van der Waals surface area contributed by atoms with Gasteiger partial charge in [0.25, 0.3) is 5.56 Å². The number of aromatic amines is 1. The van der Waals surface area contributed by atoms with Crippen molar-refractivity contribution in [3.8, 4) is 0 Å². The third kappa shape index (κ3) is 2.06. The molecule has 21 heavy (non-hydrogen) atoms. The van der Waals surface area contributed by atoms with Crippen molar-refractivity contribution in [1.82, 2.24) is 9.55 Å². The minimum atomic E-state index is -0.734. The lowest BCUT2D eigenvalue weighted by molar-refractivity contribution is -0.191. The van der Waals surface area contributed by atoms with Crippen LogP contribution >= 0.6 is 0 Å². The van der Waals surface area contributed by atoms with Gasteiger partial charge in [0.1, 0.15) is 17.8 Å². The Kier molecular flexibility index (Phi) is 3.48. The van der Waals surface area contributed by atoms with Crippen molar-refractivity contribution in [2.24, 2.45) is 0 Å². The summed E-state index contributed by atoms with van der Waals surface area (Å²) in [6.07, 6.45) is 0.0694. The lowest BCUT2D eigenvalue weighted by Crippen LogP contribution is -2.46. The monoisotopic (exact) mass is 298 g/mol. The Bertz CT molecular complexity index is 653. The normalized spacial score (nSPS) is 34.5. The van der Waals surface area contributed by atoms with Crippen LogP contribution < -0.4 is 11.2 Å². The van der Waals surface area contributed by atoms with E-state index in [9.17, 15) is 9.59 Å². The number of aryl methyl sites for hydroxylation is 1. The third-order valence-electron chi connectivity index (χ3n) is 4.04. The molecule has 0 aromatic carbocycles. The van der Waals surface area contributed by atoms with Crippen LogP contribution in [0.1, 0.15) is 11.8 Å². The topological polar surface area (TPSA) is 91.8 Å². The zero-order valence-corrected chi connectivity index (χ0v) is 12.1. The molecule has 8 heteroatoms. The Balaban J connectivity index is 2.01. The van der Waals surface area contributed by atoms with Crippen LogP contribution in [0.2, 0.25) is 0 Å². The van der Waals surface area contributed by atoms with Gasteiger partial charge in [-0.1, -0.05) is 0 Å². The smallest absolute Gasteiger partial charge is 0.330 e. The van der Waals surface area contributed by atoms with Crippen LogP contribution in [0.4, 0.5) is 0 Å². The second-order valence-electron chi connectivity index (χ2n) is 5.42. The number of nitrogens with one attached hydrogen (secondary N) is 1. The number of fused-ring (bicyclic) bond motifs is 2. The molecule has 8 nitrogen and oxygen atoms in total. The highest BCUT2D eigenvalue weighted by Crippen LogP contribution is 2.45. The highest BCUT2D eigenvalue weighted by molar-refractivity contribution is 5.10. The van der Waals surface area contributed by atoms with Crippen LogP contribution in [0.15, 0.2) is 15.8 Å². The molecule has 2 aliphatic heterocycles. The molecule has 2 bridgehead atoms. The molecule has 2 saturated heterocycles. The first kappa shape index (κ1) is 14.5. The number of aromatic nitrogens is 2. The molecular formula is C13H18N2O6. The summed E-state index contributed by atoms with van der Waals surface area (Å²) in [5.41, 5.74) is -1.25. The molecule has 2 fully saturated rings. The molecule has 4 atom stereocenters. The largest absolute Gasteiger partial charge is 0.381 e. The van der Waals surface area contributed by atoms with Gasteiger partial charge in [-0.25, -0.2) is 4.79 Å². The van der Waals surface area contributed by atoms with Crippen LogP contribution in [0.3, 0.4) is 0 Å². The van der Waals surface area contributed by atoms with E-state index in [0.29, 0.717) is 18.8 Å². The standard InChI is InChI=1S/C13H18N2O6/c1-7-4-15(12(17)14-10(7)16)11-8-9(19-3)13(21-11,5-18-2)6-20-8/h4,8-9,11H,5-6H2,1-3H3,(H,14,16,17)/t8?,9?,11?,13-/m1/s1. The van der Waals surface area contributed by atoms with Crippen molar-refractivity contribution in [2.75, 3.05) is 27.4 Å². The number of hydrogen-bond acceptors (Lipinski definition) is 6. The molecular weight excluding hydrogens is 280 g/mol. The summed E-state index contributed by atoms with van der Waals surface area (Å²) in [6.45, 7) is 2.27. The summed E-state index contributed by atoms with van der Waals surface area (Å²) in [5.74, 6) is 0. The van der Waals surface area contributed by atoms with Gasteiger partial charge in [0.2, 0.25) is 0 Å². The Morgan fingerprint density at radius 2 is 2.24 bits per heavy atom. The van der Waals surface area contributed by atoms with E-state index in [4.69, 9.17) is 18.9 Å². The van der Waals surface area contributed by atoms with E-state index in [1.54, 1.807) is 21.1 Å². The molecule has 1 N–H and O–H groups in total. The maximum Gasteiger partial charge on any atom is 0.330 e. The molecule has 0 aliphatic carbocycles. The average Bonchev–Trinajstić information content (AvgIpc) is 2.94. The Labute approximate surface area is 120 Å². The molecule has 2 aliphatic rings. The molecule has 0 saturated carbocycles. The van der Waals surface area contributed by atoms with Crippen LogP contribution in [0, 0.1) is 6.92 Å². The summed E-state index contributed by atoms with van der Waals surface area (Å²) in [7, 11) is 3.14. The quantitative estimate of drug-likeness (QED) is 0.780. The first-order valence-electron chi connectivity index (χ1n) is 6.65. The van der Waals surface area contributed by atoms with E-state index in [1.165, 1.54) is 10.8 Å².